The molecule has 1 N–H and O–H groups in total. The first-order chi connectivity index (χ1) is 13.6. The van der Waals surface area contributed by atoms with Gasteiger partial charge >= 0.3 is 0 Å². The molecule has 0 spiro atoms. The summed E-state index contributed by atoms with van der Waals surface area (Å²) in [5.74, 6) is -0.00358. The van der Waals surface area contributed by atoms with Crippen molar-refractivity contribution >= 4 is 17.5 Å². The number of amides is 1. The van der Waals surface area contributed by atoms with Crippen molar-refractivity contribution in [1.82, 2.24) is 9.97 Å². The van der Waals surface area contributed by atoms with Crippen molar-refractivity contribution in [2.24, 2.45) is 0 Å². The average Bonchev–Trinajstić information content (AvgIpc) is 2.70. The first-order valence-corrected chi connectivity index (χ1v) is 9.27. The Bertz CT molecular complexity index is 929. The highest BCUT2D eigenvalue weighted by molar-refractivity contribution is 6.04. The van der Waals surface area contributed by atoms with Gasteiger partial charge in [0.1, 0.15) is 11.5 Å². The van der Waals surface area contributed by atoms with E-state index >= 15 is 0 Å². The summed E-state index contributed by atoms with van der Waals surface area (Å²) < 4.78 is 13.0. The maximum atomic E-state index is 13.0. The molecule has 3 aromatic rings. The predicted molar refractivity (Wildman–Crippen MR) is 109 cm³/mol. The van der Waals surface area contributed by atoms with Gasteiger partial charge in [0, 0.05) is 24.5 Å². The molecule has 0 radical (unpaired) electrons. The van der Waals surface area contributed by atoms with Crippen LogP contribution < -0.4 is 10.2 Å². The van der Waals surface area contributed by atoms with E-state index < -0.39 is 0 Å². The molecular weight excluding hydrogens is 355 g/mol. The Morgan fingerprint density at radius 2 is 1.79 bits per heavy atom. The number of para-hydroxylation sites is 1. The van der Waals surface area contributed by atoms with Gasteiger partial charge in [0.25, 0.3) is 5.91 Å². The Kier molecular flexibility index (Phi) is 6.32. The van der Waals surface area contributed by atoms with Crippen molar-refractivity contribution in [1.29, 1.82) is 0 Å². The highest BCUT2D eigenvalue weighted by atomic mass is 19.1. The van der Waals surface area contributed by atoms with Crippen molar-refractivity contribution in [3.8, 4) is 0 Å². The monoisotopic (exact) mass is 378 g/mol. The molecule has 1 amide bonds. The van der Waals surface area contributed by atoms with Gasteiger partial charge in [0.15, 0.2) is 0 Å². The van der Waals surface area contributed by atoms with Crippen LogP contribution in [0.2, 0.25) is 0 Å². The first-order valence-electron chi connectivity index (χ1n) is 9.27. The predicted octanol–water partition coefficient (Wildman–Crippen LogP) is 4.25. The van der Waals surface area contributed by atoms with Crippen LogP contribution in [0.25, 0.3) is 0 Å². The molecule has 2 aromatic carbocycles. The third-order valence-electron chi connectivity index (χ3n) is 4.31. The summed E-state index contributed by atoms with van der Waals surface area (Å²) in [6.07, 6.45) is 0.700. The van der Waals surface area contributed by atoms with E-state index in [1.165, 1.54) is 12.1 Å². The number of rotatable bonds is 7. The van der Waals surface area contributed by atoms with E-state index in [0.717, 1.165) is 11.3 Å². The molecule has 28 heavy (non-hydrogen) atoms. The zero-order valence-electron chi connectivity index (χ0n) is 16.0. The SMILES string of the molecule is CCN(C(=O)c1cc(C)nc(NCCc2ccc(F)cc2)n1)c1ccccc1. The summed E-state index contributed by atoms with van der Waals surface area (Å²) in [5.41, 5.74) is 2.91. The van der Waals surface area contributed by atoms with Crippen LogP contribution in [0.3, 0.4) is 0 Å². The average molecular weight is 378 g/mol. The minimum Gasteiger partial charge on any atom is -0.354 e. The molecule has 144 valence electrons. The molecule has 0 bridgehead atoms. The molecule has 1 aromatic heterocycles. The fraction of sp³-hybridized carbons (Fsp3) is 0.227. The fourth-order valence-corrected chi connectivity index (χ4v) is 2.92. The van der Waals surface area contributed by atoms with Crippen LogP contribution in [-0.2, 0) is 6.42 Å². The number of nitrogens with one attached hydrogen (secondary N) is 1. The van der Waals surface area contributed by atoms with E-state index in [4.69, 9.17) is 0 Å². The summed E-state index contributed by atoms with van der Waals surface area (Å²) in [4.78, 5) is 23.4. The van der Waals surface area contributed by atoms with Crippen LogP contribution >= 0.6 is 0 Å². The molecule has 0 saturated carbocycles. The maximum absolute atomic E-state index is 13.0. The molecule has 0 aliphatic carbocycles. The molecule has 6 heteroatoms. The lowest BCUT2D eigenvalue weighted by Crippen LogP contribution is -2.31. The van der Waals surface area contributed by atoms with Crippen molar-refractivity contribution in [3.05, 3.63) is 83.4 Å². The minimum absolute atomic E-state index is 0.166. The summed E-state index contributed by atoms with van der Waals surface area (Å²) in [5, 5.41) is 3.15. The number of hydrogen-bond donors (Lipinski definition) is 1. The quantitative estimate of drug-likeness (QED) is 0.668. The normalized spacial score (nSPS) is 10.5. The number of benzene rings is 2. The summed E-state index contributed by atoms with van der Waals surface area (Å²) in [6, 6.07) is 17.6. The topological polar surface area (TPSA) is 58.1 Å². The Morgan fingerprint density at radius 3 is 2.46 bits per heavy atom. The third-order valence-corrected chi connectivity index (χ3v) is 4.31. The van der Waals surface area contributed by atoms with Crippen molar-refractivity contribution in [3.63, 3.8) is 0 Å². The van der Waals surface area contributed by atoms with E-state index in [1.807, 2.05) is 44.2 Å². The molecular formula is C22H23FN4O. The van der Waals surface area contributed by atoms with Crippen molar-refractivity contribution in [2.75, 3.05) is 23.3 Å². The van der Waals surface area contributed by atoms with Gasteiger partial charge in [0.05, 0.1) is 0 Å². The summed E-state index contributed by atoms with van der Waals surface area (Å²) in [7, 11) is 0. The number of carbonyl (C=O) groups excluding carboxylic acids is 1. The highest BCUT2D eigenvalue weighted by Gasteiger charge is 2.18. The van der Waals surface area contributed by atoms with Crippen LogP contribution in [0.1, 0.15) is 28.7 Å². The second kappa shape index (κ2) is 9.08. The number of nitrogens with zero attached hydrogens (tertiary/aromatic N) is 3. The van der Waals surface area contributed by atoms with E-state index in [-0.39, 0.29) is 11.7 Å². The Labute approximate surface area is 164 Å². The largest absolute Gasteiger partial charge is 0.354 e. The van der Waals surface area contributed by atoms with Gasteiger partial charge < -0.3 is 10.2 Å². The van der Waals surface area contributed by atoms with Gasteiger partial charge in [-0.25, -0.2) is 14.4 Å². The van der Waals surface area contributed by atoms with Gasteiger partial charge in [0.2, 0.25) is 5.95 Å². The number of aryl methyl sites for hydroxylation is 1. The number of hydrogen-bond acceptors (Lipinski definition) is 4. The number of aromatic nitrogens is 2. The van der Waals surface area contributed by atoms with Crippen LogP contribution in [0.5, 0.6) is 0 Å². The van der Waals surface area contributed by atoms with Crippen LogP contribution in [0.15, 0.2) is 60.7 Å². The molecule has 0 atom stereocenters. The Hall–Kier alpha value is -3.28. The second-order valence-corrected chi connectivity index (χ2v) is 6.41. The van der Waals surface area contributed by atoms with Gasteiger partial charge in [-0.15, -0.1) is 0 Å². The fourth-order valence-electron chi connectivity index (χ4n) is 2.92. The molecule has 0 aliphatic heterocycles. The number of halogens is 1. The lowest BCUT2D eigenvalue weighted by molar-refractivity contribution is 0.0983. The van der Waals surface area contributed by atoms with E-state index in [2.05, 4.69) is 15.3 Å². The number of anilines is 2. The summed E-state index contributed by atoms with van der Waals surface area (Å²) >= 11 is 0. The maximum Gasteiger partial charge on any atom is 0.277 e. The van der Waals surface area contributed by atoms with Gasteiger partial charge in [-0.2, -0.15) is 0 Å². The van der Waals surface area contributed by atoms with E-state index in [1.54, 1.807) is 23.1 Å². The zero-order valence-corrected chi connectivity index (χ0v) is 16.0. The van der Waals surface area contributed by atoms with Gasteiger partial charge in [-0.05, 0) is 56.2 Å². The Morgan fingerprint density at radius 1 is 1.07 bits per heavy atom. The molecule has 0 aliphatic rings. The minimum atomic E-state index is -0.249. The zero-order chi connectivity index (χ0) is 19.9. The Balaban J connectivity index is 1.71. The lowest BCUT2D eigenvalue weighted by Gasteiger charge is -2.21. The molecule has 1 heterocycles. The van der Waals surface area contributed by atoms with Crippen LogP contribution in [0, 0.1) is 12.7 Å². The van der Waals surface area contributed by atoms with E-state index in [0.29, 0.717) is 36.8 Å². The van der Waals surface area contributed by atoms with Crippen molar-refractivity contribution in [2.45, 2.75) is 20.3 Å². The van der Waals surface area contributed by atoms with Gasteiger partial charge in [-0.1, -0.05) is 30.3 Å². The first kappa shape index (κ1) is 19.5. The summed E-state index contributed by atoms with van der Waals surface area (Å²) in [6.45, 7) is 4.89. The van der Waals surface area contributed by atoms with E-state index in [9.17, 15) is 9.18 Å². The van der Waals surface area contributed by atoms with Crippen LogP contribution in [-0.4, -0.2) is 29.0 Å². The second-order valence-electron chi connectivity index (χ2n) is 6.41. The smallest absolute Gasteiger partial charge is 0.277 e. The third kappa shape index (κ3) is 4.91. The number of carbonyl (C=O) groups is 1. The van der Waals surface area contributed by atoms with Crippen molar-refractivity contribution < 1.29 is 9.18 Å². The molecule has 0 unspecified atom stereocenters. The highest BCUT2D eigenvalue weighted by Crippen LogP contribution is 2.17. The lowest BCUT2D eigenvalue weighted by atomic mass is 10.1. The molecule has 0 fully saturated rings. The van der Waals surface area contributed by atoms with Gasteiger partial charge in [-0.3, -0.25) is 4.79 Å². The molecule has 5 nitrogen and oxygen atoms in total. The van der Waals surface area contributed by atoms with Crippen LogP contribution in [0.4, 0.5) is 16.0 Å². The standard InChI is InChI=1S/C22H23FN4O/c1-3-27(19-7-5-4-6-8-19)21(28)20-15-16(2)25-22(26-20)24-14-13-17-9-11-18(23)12-10-17/h4-12,15H,3,13-14H2,1-2H3,(H,24,25,26). The molecule has 0 saturated heterocycles. The molecule has 3 rings (SSSR count).